The maximum Gasteiger partial charge on any atom is 0.293 e. The third kappa shape index (κ3) is 4.83. The van der Waals surface area contributed by atoms with E-state index in [0.29, 0.717) is 34.3 Å². The highest BCUT2D eigenvalue weighted by atomic mass is 32.2. The molecule has 1 aliphatic heterocycles. The van der Waals surface area contributed by atoms with E-state index in [1.807, 2.05) is 19.1 Å². The van der Waals surface area contributed by atoms with E-state index in [1.165, 1.54) is 6.07 Å². The first kappa shape index (κ1) is 20.6. The molecule has 3 rings (SSSR count). The second-order valence-electron chi connectivity index (χ2n) is 5.99. The number of amides is 2. The highest BCUT2D eigenvalue weighted by Gasteiger charge is 2.34. The predicted octanol–water partition coefficient (Wildman–Crippen LogP) is 3.91. The van der Waals surface area contributed by atoms with Gasteiger partial charge in [-0.1, -0.05) is 18.2 Å². The number of phenols is 1. The van der Waals surface area contributed by atoms with E-state index in [2.05, 4.69) is 0 Å². The molecule has 1 aliphatic rings. The van der Waals surface area contributed by atoms with Gasteiger partial charge < -0.3 is 19.3 Å². The lowest BCUT2D eigenvalue weighted by molar-refractivity contribution is -0.123. The fraction of sp³-hybridized carbons (Fsp3) is 0.238. The van der Waals surface area contributed by atoms with Gasteiger partial charge in [-0.15, -0.1) is 0 Å². The lowest BCUT2D eigenvalue weighted by Crippen LogP contribution is -2.32. The van der Waals surface area contributed by atoms with Crippen LogP contribution in [-0.4, -0.2) is 48.0 Å². The van der Waals surface area contributed by atoms with Crippen molar-refractivity contribution in [2.24, 2.45) is 0 Å². The molecular formula is C21H21NO6S. The zero-order chi connectivity index (χ0) is 20.8. The Bertz CT molecular complexity index is 943. The van der Waals surface area contributed by atoms with Crippen LogP contribution >= 0.6 is 11.8 Å². The van der Waals surface area contributed by atoms with Crippen LogP contribution in [0.2, 0.25) is 0 Å². The number of rotatable bonds is 8. The third-order valence-corrected chi connectivity index (χ3v) is 5.00. The summed E-state index contributed by atoms with van der Waals surface area (Å²) in [5, 5.41) is 9.44. The first-order chi connectivity index (χ1) is 14.0. The molecule has 2 amide bonds. The Hall–Kier alpha value is -3.13. The molecule has 2 aromatic carbocycles. The number of nitrogens with zero attached hydrogens (tertiary/aromatic N) is 1. The zero-order valence-corrected chi connectivity index (χ0v) is 16.9. The van der Waals surface area contributed by atoms with Crippen LogP contribution < -0.4 is 14.2 Å². The number of hydrogen-bond donors (Lipinski definition) is 1. The largest absolute Gasteiger partial charge is 0.504 e. The Morgan fingerprint density at radius 1 is 1.07 bits per heavy atom. The number of methoxy groups -OCH3 is 1. The van der Waals surface area contributed by atoms with Crippen LogP contribution in [0.5, 0.6) is 23.0 Å². The molecule has 1 fully saturated rings. The molecule has 0 spiro atoms. The number of thioether (sulfide) groups is 1. The lowest BCUT2D eigenvalue weighted by Gasteiger charge is -2.14. The van der Waals surface area contributed by atoms with Crippen LogP contribution in [0.15, 0.2) is 47.4 Å². The van der Waals surface area contributed by atoms with Crippen molar-refractivity contribution < 1.29 is 28.9 Å². The third-order valence-electron chi connectivity index (χ3n) is 4.10. The quantitative estimate of drug-likeness (QED) is 0.654. The van der Waals surface area contributed by atoms with Gasteiger partial charge in [-0.05, 0) is 54.6 Å². The van der Waals surface area contributed by atoms with E-state index in [9.17, 15) is 14.7 Å². The average Bonchev–Trinajstić information content (AvgIpc) is 2.98. The number of carbonyl (C=O) groups excluding carboxylic acids is 2. The summed E-state index contributed by atoms with van der Waals surface area (Å²) in [5.41, 5.74) is 0.655. The first-order valence-electron chi connectivity index (χ1n) is 9.00. The van der Waals surface area contributed by atoms with Gasteiger partial charge in [0.1, 0.15) is 6.61 Å². The van der Waals surface area contributed by atoms with Gasteiger partial charge in [-0.25, -0.2) is 0 Å². The van der Waals surface area contributed by atoms with Crippen LogP contribution in [0, 0.1) is 0 Å². The molecular weight excluding hydrogens is 394 g/mol. The highest BCUT2D eigenvalue weighted by molar-refractivity contribution is 8.18. The summed E-state index contributed by atoms with van der Waals surface area (Å²) in [4.78, 5) is 26.3. The molecule has 1 N–H and O–H groups in total. The Morgan fingerprint density at radius 3 is 2.55 bits per heavy atom. The second kappa shape index (κ2) is 9.38. The number of para-hydroxylation sites is 2. The molecule has 0 atom stereocenters. The summed E-state index contributed by atoms with van der Waals surface area (Å²) in [6.07, 6.45) is 1.61. The standard InChI is InChI=1S/C21H21NO6S/c1-3-27-18-12-14(8-9-15(18)23)13-19-20(24)22(21(25)29-19)10-11-28-17-7-5-4-6-16(17)26-2/h4-9,12-13,23H,3,10-11H2,1-2H3/b19-13-. The Morgan fingerprint density at radius 2 is 1.83 bits per heavy atom. The minimum absolute atomic E-state index is 0.0191. The Kier molecular flexibility index (Phi) is 6.66. The molecule has 2 aromatic rings. The van der Waals surface area contributed by atoms with Crippen molar-refractivity contribution in [3.8, 4) is 23.0 Å². The maximum atomic E-state index is 12.6. The molecule has 0 radical (unpaired) electrons. The number of carbonyl (C=O) groups is 2. The van der Waals surface area contributed by atoms with E-state index in [1.54, 1.807) is 37.5 Å². The number of ether oxygens (including phenoxy) is 3. The molecule has 0 unspecified atom stereocenters. The van der Waals surface area contributed by atoms with Gasteiger partial charge in [0.05, 0.1) is 25.2 Å². The van der Waals surface area contributed by atoms with E-state index < -0.39 is 0 Å². The average molecular weight is 415 g/mol. The van der Waals surface area contributed by atoms with Crippen molar-refractivity contribution >= 4 is 29.0 Å². The van der Waals surface area contributed by atoms with Gasteiger partial charge in [0.2, 0.25) is 0 Å². The fourth-order valence-electron chi connectivity index (χ4n) is 2.72. The van der Waals surface area contributed by atoms with E-state index in [4.69, 9.17) is 14.2 Å². The molecule has 8 heteroatoms. The second-order valence-corrected chi connectivity index (χ2v) is 6.99. The van der Waals surface area contributed by atoms with Crippen LogP contribution in [-0.2, 0) is 4.79 Å². The maximum absolute atomic E-state index is 12.6. The minimum atomic E-state index is -0.380. The zero-order valence-electron chi connectivity index (χ0n) is 16.1. The molecule has 0 aromatic heterocycles. The molecule has 7 nitrogen and oxygen atoms in total. The summed E-state index contributed by atoms with van der Waals surface area (Å²) >= 11 is 0.869. The number of imide groups is 1. The monoisotopic (exact) mass is 415 g/mol. The van der Waals surface area contributed by atoms with Crippen LogP contribution in [0.3, 0.4) is 0 Å². The molecule has 152 valence electrons. The molecule has 29 heavy (non-hydrogen) atoms. The Labute approximate surface area is 172 Å². The molecule has 0 saturated carbocycles. The first-order valence-corrected chi connectivity index (χ1v) is 9.82. The van der Waals surface area contributed by atoms with Gasteiger partial charge >= 0.3 is 0 Å². The summed E-state index contributed by atoms with van der Waals surface area (Å²) in [5.74, 6) is 1.09. The molecule has 0 aliphatic carbocycles. The van der Waals surface area contributed by atoms with Crippen molar-refractivity contribution in [1.82, 2.24) is 4.90 Å². The van der Waals surface area contributed by atoms with E-state index >= 15 is 0 Å². The SMILES string of the molecule is CCOc1cc(/C=C2\SC(=O)N(CCOc3ccccc3OC)C2=O)ccc1O. The predicted molar refractivity (Wildman–Crippen MR) is 110 cm³/mol. The van der Waals surface area contributed by atoms with Crippen LogP contribution in [0.1, 0.15) is 12.5 Å². The van der Waals surface area contributed by atoms with Gasteiger partial charge in [0.25, 0.3) is 11.1 Å². The summed E-state index contributed by atoms with van der Waals surface area (Å²) < 4.78 is 16.2. The summed E-state index contributed by atoms with van der Waals surface area (Å²) in [6, 6.07) is 11.9. The number of hydrogen-bond acceptors (Lipinski definition) is 7. The van der Waals surface area contributed by atoms with Crippen molar-refractivity contribution in [2.45, 2.75) is 6.92 Å². The van der Waals surface area contributed by atoms with Gasteiger partial charge in [-0.2, -0.15) is 0 Å². The molecule has 1 heterocycles. The lowest BCUT2D eigenvalue weighted by atomic mass is 10.2. The highest BCUT2D eigenvalue weighted by Crippen LogP contribution is 2.34. The van der Waals surface area contributed by atoms with E-state index in [-0.39, 0.29) is 30.0 Å². The van der Waals surface area contributed by atoms with Crippen molar-refractivity contribution in [2.75, 3.05) is 26.9 Å². The number of phenolic OH excluding ortho intramolecular Hbond substituents is 1. The summed E-state index contributed by atoms with van der Waals surface area (Å²) in [6.45, 7) is 2.49. The fourth-order valence-corrected chi connectivity index (χ4v) is 3.59. The van der Waals surface area contributed by atoms with Gasteiger partial charge in [0, 0.05) is 0 Å². The normalized spacial score (nSPS) is 15.1. The van der Waals surface area contributed by atoms with Crippen molar-refractivity contribution in [3.05, 3.63) is 52.9 Å². The Balaban J connectivity index is 1.66. The van der Waals surface area contributed by atoms with Crippen LogP contribution in [0.4, 0.5) is 4.79 Å². The van der Waals surface area contributed by atoms with Crippen LogP contribution in [0.25, 0.3) is 6.08 Å². The van der Waals surface area contributed by atoms with E-state index in [0.717, 1.165) is 16.7 Å². The number of benzene rings is 2. The van der Waals surface area contributed by atoms with Crippen molar-refractivity contribution in [3.63, 3.8) is 0 Å². The number of aromatic hydroxyl groups is 1. The topological polar surface area (TPSA) is 85.3 Å². The van der Waals surface area contributed by atoms with Crippen molar-refractivity contribution in [1.29, 1.82) is 0 Å². The van der Waals surface area contributed by atoms with Gasteiger partial charge in [0.15, 0.2) is 23.0 Å². The van der Waals surface area contributed by atoms with Gasteiger partial charge in [-0.3, -0.25) is 14.5 Å². The summed E-state index contributed by atoms with van der Waals surface area (Å²) in [7, 11) is 1.55. The molecule has 0 bridgehead atoms. The molecule has 1 saturated heterocycles. The smallest absolute Gasteiger partial charge is 0.293 e. The minimum Gasteiger partial charge on any atom is -0.504 e.